The molecule has 0 spiro atoms. The fourth-order valence-corrected chi connectivity index (χ4v) is 4.60. The van der Waals surface area contributed by atoms with E-state index in [1.54, 1.807) is 0 Å². The topological polar surface area (TPSA) is 71.5 Å². The Morgan fingerprint density at radius 2 is 2.03 bits per heavy atom. The second kappa shape index (κ2) is 7.85. The van der Waals surface area contributed by atoms with Gasteiger partial charge in [0.05, 0.1) is 11.6 Å². The molecule has 0 saturated carbocycles. The Kier molecular flexibility index (Phi) is 5.02. The molecule has 3 aromatic rings. The molecule has 0 fully saturated rings. The minimum absolute atomic E-state index is 0.0337. The highest BCUT2D eigenvalue weighted by Gasteiger charge is 2.17. The van der Waals surface area contributed by atoms with Crippen molar-refractivity contribution in [1.82, 2.24) is 14.5 Å². The van der Waals surface area contributed by atoms with E-state index in [1.165, 1.54) is 16.7 Å². The van der Waals surface area contributed by atoms with Crippen molar-refractivity contribution in [3.63, 3.8) is 0 Å². The summed E-state index contributed by atoms with van der Waals surface area (Å²) in [5.41, 5.74) is 13.8. The lowest BCUT2D eigenvalue weighted by Gasteiger charge is -2.22. The number of anilines is 2. The molecule has 5 rings (SSSR count). The van der Waals surface area contributed by atoms with E-state index in [2.05, 4.69) is 66.0 Å². The van der Waals surface area contributed by atoms with E-state index < -0.39 is 0 Å². The van der Waals surface area contributed by atoms with Crippen molar-refractivity contribution >= 4 is 28.1 Å². The van der Waals surface area contributed by atoms with Gasteiger partial charge in [-0.1, -0.05) is 18.2 Å². The molecule has 160 valence electrons. The predicted molar refractivity (Wildman–Crippen MR) is 128 cm³/mol. The van der Waals surface area contributed by atoms with Crippen LogP contribution in [0.3, 0.4) is 0 Å². The third-order valence-electron chi connectivity index (χ3n) is 6.32. The molecular weight excluding hydrogens is 384 g/mol. The Morgan fingerprint density at radius 1 is 1.16 bits per heavy atom. The third-order valence-corrected chi connectivity index (χ3v) is 6.32. The number of likely N-dealkylation sites (N-methyl/N-ethyl adjacent to an activating group) is 1. The maximum atomic E-state index is 6.09. The number of hydrogen-bond donors (Lipinski definition) is 2. The lowest BCUT2D eigenvalue weighted by atomic mass is 9.98. The number of aromatic nitrogens is 2. The van der Waals surface area contributed by atoms with E-state index in [0.717, 1.165) is 66.2 Å². The van der Waals surface area contributed by atoms with Crippen LogP contribution < -0.4 is 16.5 Å². The van der Waals surface area contributed by atoms with Crippen molar-refractivity contribution < 1.29 is 0 Å². The second-order valence-corrected chi connectivity index (χ2v) is 8.79. The van der Waals surface area contributed by atoms with Gasteiger partial charge in [0.2, 0.25) is 5.95 Å². The van der Waals surface area contributed by atoms with Gasteiger partial charge in [-0.25, -0.2) is 0 Å². The van der Waals surface area contributed by atoms with Crippen molar-refractivity contribution in [3.05, 3.63) is 64.7 Å². The van der Waals surface area contributed by atoms with Crippen LogP contribution in [-0.2, 0) is 6.54 Å². The van der Waals surface area contributed by atoms with Crippen molar-refractivity contribution in [2.45, 2.75) is 32.9 Å². The molecule has 3 N–H and O–H groups in total. The minimum Gasteiger partial charge on any atom is -0.399 e. The van der Waals surface area contributed by atoms with E-state index in [-0.39, 0.29) is 6.04 Å². The standard InChI is InChI=1S/C25H30N6/c1-16-12-20(14-21(26)13-16)17(2)28-24-22-15-19(18-6-9-30(3)10-7-18)4-5-23(22)31-11-8-27-25(31)29-24/h4-6,12-15,17H,7-11,26H2,1-3H3,(H,27,28,29). The van der Waals surface area contributed by atoms with Crippen LogP contribution in [0.25, 0.3) is 16.5 Å². The van der Waals surface area contributed by atoms with Gasteiger partial charge >= 0.3 is 0 Å². The van der Waals surface area contributed by atoms with E-state index in [0.29, 0.717) is 0 Å². The zero-order valence-corrected chi connectivity index (χ0v) is 18.5. The Balaban J connectivity index is 1.66. The van der Waals surface area contributed by atoms with Gasteiger partial charge in [-0.15, -0.1) is 0 Å². The first-order chi connectivity index (χ1) is 15.0. The van der Waals surface area contributed by atoms with Crippen molar-refractivity contribution in [2.24, 2.45) is 4.99 Å². The van der Waals surface area contributed by atoms with Crippen molar-refractivity contribution in [2.75, 3.05) is 37.7 Å². The molecule has 1 aromatic heterocycles. The SMILES string of the molecule is Cc1cc(N)cc(C(C)N=c2nc3n(c4ccc(C5=CCN(C)CC5)cc24)CCN3)c1. The summed E-state index contributed by atoms with van der Waals surface area (Å²) >= 11 is 0. The van der Waals surface area contributed by atoms with Gasteiger partial charge in [0.25, 0.3) is 0 Å². The minimum atomic E-state index is -0.0337. The maximum absolute atomic E-state index is 6.09. The Hall–Kier alpha value is -3.12. The first-order valence-corrected chi connectivity index (χ1v) is 11.1. The summed E-state index contributed by atoms with van der Waals surface area (Å²) in [4.78, 5) is 12.3. The number of benzene rings is 2. The quantitative estimate of drug-likeness (QED) is 0.641. The van der Waals surface area contributed by atoms with Gasteiger partial charge in [-0.05, 0) is 73.8 Å². The second-order valence-electron chi connectivity index (χ2n) is 8.79. The largest absolute Gasteiger partial charge is 0.399 e. The Labute approximate surface area is 183 Å². The van der Waals surface area contributed by atoms with Crippen LogP contribution in [0.1, 0.15) is 36.1 Å². The summed E-state index contributed by atoms with van der Waals surface area (Å²) in [5.74, 6) is 0.897. The van der Waals surface area contributed by atoms with Crippen molar-refractivity contribution in [1.29, 1.82) is 0 Å². The summed E-state index contributed by atoms with van der Waals surface area (Å²) in [6.45, 7) is 8.09. The Morgan fingerprint density at radius 3 is 2.81 bits per heavy atom. The number of fused-ring (bicyclic) bond motifs is 3. The van der Waals surface area contributed by atoms with Gasteiger partial charge in [-0.2, -0.15) is 4.98 Å². The highest BCUT2D eigenvalue weighted by Crippen LogP contribution is 2.27. The molecule has 0 saturated heterocycles. The average molecular weight is 415 g/mol. The van der Waals surface area contributed by atoms with Crippen LogP contribution >= 0.6 is 0 Å². The summed E-state index contributed by atoms with van der Waals surface area (Å²) < 4.78 is 2.26. The highest BCUT2D eigenvalue weighted by atomic mass is 15.2. The van der Waals surface area contributed by atoms with Crippen LogP contribution in [0, 0.1) is 6.92 Å². The number of nitrogens with one attached hydrogen (secondary N) is 1. The van der Waals surface area contributed by atoms with E-state index in [9.17, 15) is 0 Å². The third kappa shape index (κ3) is 3.83. The molecule has 2 aliphatic rings. The van der Waals surface area contributed by atoms with E-state index in [4.69, 9.17) is 15.7 Å². The smallest absolute Gasteiger partial charge is 0.205 e. The lowest BCUT2D eigenvalue weighted by molar-refractivity contribution is 0.370. The van der Waals surface area contributed by atoms with Crippen LogP contribution in [0.4, 0.5) is 11.6 Å². The van der Waals surface area contributed by atoms with Crippen LogP contribution in [-0.4, -0.2) is 41.1 Å². The van der Waals surface area contributed by atoms with Crippen molar-refractivity contribution in [3.8, 4) is 0 Å². The van der Waals surface area contributed by atoms with Gasteiger partial charge < -0.3 is 20.5 Å². The number of aryl methyl sites for hydroxylation is 1. The molecule has 6 heteroatoms. The normalized spacial score (nSPS) is 18.0. The first-order valence-electron chi connectivity index (χ1n) is 11.1. The van der Waals surface area contributed by atoms with Crippen LogP contribution in [0.15, 0.2) is 47.5 Å². The lowest BCUT2D eigenvalue weighted by Crippen LogP contribution is -2.23. The zero-order valence-electron chi connectivity index (χ0n) is 18.5. The van der Waals surface area contributed by atoms with E-state index in [1.807, 2.05) is 12.1 Å². The molecule has 3 heterocycles. The van der Waals surface area contributed by atoms with E-state index >= 15 is 0 Å². The molecule has 6 nitrogen and oxygen atoms in total. The summed E-state index contributed by atoms with van der Waals surface area (Å²) in [6, 6.07) is 12.9. The summed E-state index contributed by atoms with van der Waals surface area (Å²) in [7, 11) is 2.17. The van der Waals surface area contributed by atoms with Crippen LogP contribution in [0.5, 0.6) is 0 Å². The molecular formula is C25H30N6. The van der Waals surface area contributed by atoms with Gasteiger partial charge in [-0.3, -0.25) is 4.99 Å². The number of nitrogens with two attached hydrogens (primary N) is 1. The molecule has 1 atom stereocenters. The number of nitrogens with zero attached hydrogens (tertiary/aromatic N) is 4. The zero-order chi connectivity index (χ0) is 21.5. The molecule has 0 aliphatic carbocycles. The fraction of sp³-hybridized carbons (Fsp3) is 0.360. The molecule has 0 radical (unpaired) electrons. The summed E-state index contributed by atoms with van der Waals surface area (Å²) in [6.07, 6.45) is 3.41. The maximum Gasteiger partial charge on any atom is 0.205 e. The number of rotatable bonds is 3. The number of hydrogen-bond acceptors (Lipinski definition) is 5. The fourth-order valence-electron chi connectivity index (χ4n) is 4.60. The molecule has 0 bridgehead atoms. The summed E-state index contributed by atoms with van der Waals surface area (Å²) in [5, 5.41) is 4.51. The molecule has 2 aromatic carbocycles. The van der Waals surface area contributed by atoms with Gasteiger partial charge in [0.15, 0.2) is 5.49 Å². The molecule has 31 heavy (non-hydrogen) atoms. The monoisotopic (exact) mass is 414 g/mol. The Bertz CT molecular complexity index is 1230. The molecule has 0 amide bonds. The molecule has 1 unspecified atom stereocenters. The molecule has 2 aliphatic heterocycles. The van der Waals surface area contributed by atoms with Gasteiger partial charge in [0.1, 0.15) is 0 Å². The number of nitrogen functional groups attached to an aromatic ring is 1. The highest BCUT2D eigenvalue weighted by molar-refractivity contribution is 5.84. The average Bonchev–Trinajstić information content (AvgIpc) is 3.22. The van der Waals surface area contributed by atoms with Gasteiger partial charge in [0, 0.05) is 37.3 Å². The predicted octanol–water partition coefficient (Wildman–Crippen LogP) is 3.73. The first kappa shape index (κ1) is 19.8. The van der Waals surface area contributed by atoms with Crippen LogP contribution in [0.2, 0.25) is 0 Å².